The summed E-state index contributed by atoms with van der Waals surface area (Å²) in [5.74, 6) is 0. The third-order valence-electron chi connectivity index (χ3n) is 3.12. The van der Waals surface area contributed by atoms with Crippen molar-refractivity contribution in [1.82, 2.24) is 9.66 Å². The van der Waals surface area contributed by atoms with E-state index in [9.17, 15) is 4.57 Å². The zero-order valence-electron chi connectivity index (χ0n) is 13.9. The number of benzene rings is 1. The van der Waals surface area contributed by atoms with Crippen LogP contribution in [-0.4, -0.2) is 37.0 Å². The van der Waals surface area contributed by atoms with E-state index >= 15 is 0 Å². The van der Waals surface area contributed by atoms with Gasteiger partial charge in [-0.2, -0.15) is 4.78 Å². The molecule has 8 heteroatoms. The van der Waals surface area contributed by atoms with Crippen molar-refractivity contribution in [2.75, 3.05) is 37.0 Å². The Labute approximate surface area is 137 Å². The molecule has 0 aliphatic carbocycles. The van der Waals surface area contributed by atoms with Crippen LogP contribution in [-0.2, 0) is 13.6 Å². The molecule has 0 amide bonds. The minimum atomic E-state index is -3.54. The fraction of sp³-hybridized carbons (Fsp3) is 0.400. The molecule has 2 rings (SSSR count). The van der Waals surface area contributed by atoms with Gasteiger partial charge in [0.15, 0.2) is 0 Å². The van der Waals surface area contributed by atoms with Crippen molar-refractivity contribution in [3.8, 4) is 0 Å². The second-order valence-electron chi connectivity index (χ2n) is 4.95. The number of hydrogen-bond donors (Lipinski definition) is 0. The average molecular weight is 338 g/mol. The maximum atomic E-state index is 13.3. The molecule has 0 radical (unpaired) electrons. The van der Waals surface area contributed by atoms with Gasteiger partial charge in [-0.1, -0.05) is 0 Å². The maximum absolute atomic E-state index is 13.3. The topological polar surface area (TPSA) is 59.8 Å². The lowest BCUT2D eigenvalue weighted by Crippen LogP contribution is -2.27. The molecular weight excluding hydrogens is 315 g/mol. The SMILES string of the molecule is CCOP(=O)(OCC)N(c1ccc(N(C)C)cc1)n1ccnc1. The first-order valence-corrected chi connectivity index (χ1v) is 8.96. The number of nitrogens with zero attached hydrogens (tertiary/aromatic N) is 4. The van der Waals surface area contributed by atoms with Crippen molar-refractivity contribution in [2.24, 2.45) is 0 Å². The third kappa shape index (κ3) is 3.93. The van der Waals surface area contributed by atoms with Gasteiger partial charge in [-0.15, -0.1) is 0 Å². The van der Waals surface area contributed by atoms with Crippen LogP contribution < -0.4 is 9.68 Å². The van der Waals surface area contributed by atoms with Crippen LogP contribution in [0.15, 0.2) is 43.0 Å². The summed E-state index contributed by atoms with van der Waals surface area (Å²) in [7, 11) is 0.396. The molecule has 1 heterocycles. The van der Waals surface area contributed by atoms with Crippen LogP contribution in [0.4, 0.5) is 11.4 Å². The summed E-state index contributed by atoms with van der Waals surface area (Å²) in [6.45, 7) is 4.12. The fourth-order valence-electron chi connectivity index (χ4n) is 2.12. The van der Waals surface area contributed by atoms with E-state index in [-0.39, 0.29) is 13.2 Å². The summed E-state index contributed by atoms with van der Waals surface area (Å²) in [6.07, 6.45) is 4.87. The van der Waals surface area contributed by atoms with Crippen molar-refractivity contribution < 1.29 is 13.6 Å². The van der Waals surface area contributed by atoms with Crippen LogP contribution in [0.25, 0.3) is 0 Å². The molecule has 0 spiro atoms. The van der Waals surface area contributed by atoms with Gasteiger partial charge in [0.2, 0.25) is 0 Å². The first kappa shape index (κ1) is 17.5. The van der Waals surface area contributed by atoms with Crippen LogP contribution in [0.1, 0.15) is 13.8 Å². The van der Waals surface area contributed by atoms with E-state index in [0.29, 0.717) is 5.69 Å². The predicted molar refractivity (Wildman–Crippen MR) is 91.7 cm³/mol. The Morgan fingerprint density at radius 3 is 2.09 bits per heavy atom. The van der Waals surface area contributed by atoms with Crippen molar-refractivity contribution in [1.29, 1.82) is 0 Å². The lowest BCUT2D eigenvalue weighted by molar-refractivity contribution is 0.215. The number of imidazole rings is 1. The van der Waals surface area contributed by atoms with Crippen LogP contribution >= 0.6 is 7.75 Å². The number of anilines is 2. The molecule has 0 N–H and O–H groups in total. The second kappa shape index (κ2) is 7.64. The van der Waals surface area contributed by atoms with Gasteiger partial charge in [0.25, 0.3) is 0 Å². The van der Waals surface area contributed by atoms with E-state index in [1.54, 1.807) is 37.2 Å². The molecule has 1 aromatic heterocycles. The zero-order chi connectivity index (χ0) is 16.9. The summed E-state index contributed by atoms with van der Waals surface area (Å²) in [5.41, 5.74) is 1.74. The lowest BCUT2D eigenvalue weighted by Gasteiger charge is -2.31. The van der Waals surface area contributed by atoms with E-state index in [4.69, 9.17) is 9.05 Å². The van der Waals surface area contributed by atoms with Crippen LogP contribution in [0.2, 0.25) is 0 Å². The molecule has 2 aromatic rings. The van der Waals surface area contributed by atoms with Gasteiger partial charge in [0.1, 0.15) is 6.33 Å². The molecule has 0 unspecified atom stereocenters. The molecule has 1 aromatic carbocycles. The lowest BCUT2D eigenvalue weighted by atomic mass is 10.3. The second-order valence-corrected chi connectivity index (χ2v) is 6.78. The number of rotatable bonds is 8. The molecule has 126 valence electrons. The van der Waals surface area contributed by atoms with Crippen molar-refractivity contribution in [2.45, 2.75) is 13.8 Å². The van der Waals surface area contributed by atoms with Crippen molar-refractivity contribution in [3.05, 3.63) is 43.0 Å². The van der Waals surface area contributed by atoms with Gasteiger partial charge in [-0.05, 0) is 38.1 Å². The van der Waals surface area contributed by atoms with Crippen LogP contribution in [0.3, 0.4) is 0 Å². The molecule has 23 heavy (non-hydrogen) atoms. The van der Waals surface area contributed by atoms with Gasteiger partial charge in [0, 0.05) is 32.2 Å². The van der Waals surface area contributed by atoms with Gasteiger partial charge in [0.05, 0.1) is 18.9 Å². The van der Waals surface area contributed by atoms with Gasteiger partial charge in [-0.3, -0.25) is 9.05 Å². The molecule has 0 aliphatic heterocycles. The quantitative estimate of drug-likeness (QED) is 0.688. The van der Waals surface area contributed by atoms with Gasteiger partial charge < -0.3 is 4.90 Å². The van der Waals surface area contributed by atoms with E-state index < -0.39 is 7.75 Å². The number of hydrogen-bond acceptors (Lipinski definition) is 5. The number of aromatic nitrogens is 2. The maximum Gasteiger partial charge on any atom is 0.454 e. The zero-order valence-corrected chi connectivity index (χ0v) is 14.8. The highest BCUT2D eigenvalue weighted by atomic mass is 31.2. The molecule has 0 bridgehead atoms. The van der Waals surface area contributed by atoms with E-state index in [0.717, 1.165) is 5.69 Å². The first-order chi connectivity index (χ1) is 11.0. The summed E-state index contributed by atoms with van der Waals surface area (Å²) in [5, 5.41) is 0. The molecular formula is C15H23N4O3P. The Hall–Kier alpha value is -1.82. The Balaban J connectivity index is 2.48. The highest BCUT2D eigenvalue weighted by Gasteiger charge is 2.35. The standard InChI is InChI=1S/C15H23N4O3P/c1-5-21-23(20,22-6-2)19(18-12-11-16-13-18)15-9-7-14(8-10-15)17(3)4/h7-13H,5-6H2,1-4H3. The van der Waals surface area contributed by atoms with Crippen LogP contribution in [0, 0.1) is 0 Å². The predicted octanol–water partition coefficient (Wildman–Crippen LogP) is 3.40. The van der Waals surface area contributed by atoms with Crippen molar-refractivity contribution >= 4 is 19.1 Å². The monoisotopic (exact) mass is 338 g/mol. The molecule has 0 aliphatic rings. The van der Waals surface area contributed by atoms with Crippen molar-refractivity contribution in [3.63, 3.8) is 0 Å². The fourth-order valence-corrected chi connectivity index (χ4v) is 3.84. The normalized spacial score (nSPS) is 11.5. The summed E-state index contributed by atoms with van der Waals surface area (Å²) >= 11 is 0. The Bertz CT molecular complexity index is 633. The highest BCUT2D eigenvalue weighted by molar-refractivity contribution is 7.55. The Morgan fingerprint density at radius 1 is 1.09 bits per heavy atom. The van der Waals surface area contributed by atoms with Gasteiger partial charge in [-0.25, -0.2) is 14.2 Å². The highest BCUT2D eigenvalue weighted by Crippen LogP contribution is 2.54. The first-order valence-electron chi connectivity index (χ1n) is 7.47. The van der Waals surface area contributed by atoms with Crippen LogP contribution in [0.5, 0.6) is 0 Å². The Kier molecular flexibility index (Phi) is 5.82. The third-order valence-corrected chi connectivity index (χ3v) is 5.19. The molecule has 0 fully saturated rings. The summed E-state index contributed by atoms with van der Waals surface area (Å²) in [4.78, 5) is 6.03. The molecule has 0 saturated heterocycles. The molecule has 0 saturated carbocycles. The minimum absolute atomic E-state index is 0.276. The summed E-state index contributed by atoms with van der Waals surface area (Å²) in [6, 6.07) is 7.64. The smallest absolute Gasteiger partial charge is 0.378 e. The van der Waals surface area contributed by atoms with E-state index in [1.807, 2.05) is 43.3 Å². The minimum Gasteiger partial charge on any atom is -0.378 e. The summed E-state index contributed by atoms with van der Waals surface area (Å²) < 4.78 is 27.3. The largest absolute Gasteiger partial charge is 0.454 e. The molecule has 0 atom stereocenters. The molecule has 7 nitrogen and oxygen atoms in total. The van der Waals surface area contributed by atoms with Gasteiger partial charge >= 0.3 is 7.75 Å². The van der Waals surface area contributed by atoms with E-state index in [2.05, 4.69) is 4.98 Å². The van der Waals surface area contributed by atoms with E-state index in [1.165, 1.54) is 4.78 Å². The Morgan fingerprint density at radius 2 is 1.65 bits per heavy atom. The average Bonchev–Trinajstić information content (AvgIpc) is 3.02.